The van der Waals surface area contributed by atoms with E-state index in [-0.39, 0.29) is 16.4 Å². The van der Waals surface area contributed by atoms with E-state index >= 15 is 0 Å². The molecule has 0 bridgehead atoms. The molecule has 2 aromatic heterocycles. The molecular weight excluding hydrogens is 254 g/mol. The largest absolute Gasteiger partial charge is 0.382 e. The molecule has 0 aliphatic rings. The van der Waals surface area contributed by atoms with Crippen LogP contribution in [0.25, 0.3) is 5.65 Å². The molecule has 0 fully saturated rings. The average molecular weight is 265 g/mol. The van der Waals surface area contributed by atoms with Gasteiger partial charge in [-0.25, -0.2) is 13.4 Å². The molecule has 0 amide bonds. The van der Waals surface area contributed by atoms with Crippen molar-refractivity contribution in [1.29, 1.82) is 5.26 Å². The first-order valence-corrected chi connectivity index (χ1v) is 7.05. The van der Waals surface area contributed by atoms with E-state index in [2.05, 4.69) is 10.1 Å². The third-order valence-corrected chi connectivity index (χ3v) is 3.56. The summed E-state index contributed by atoms with van der Waals surface area (Å²) in [5.41, 5.74) is 6.74. The van der Waals surface area contributed by atoms with Gasteiger partial charge in [0.1, 0.15) is 17.5 Å². The first kappa shape index (κ1) is 12.3. The van der Waals surface area contributed by atoms with Crippen molar-refractivity contribution >= 4 is 21.3 Å². The summed E-state index contributed by atoms with van der Waals surface area (Å²) in [6.45, 7) is 1.90. The van der Waals surface area contributed by atoms with Crippen LogP contribution in [0.1, 0.15) is 18.1 Å². The van der Waals surface area contributed by atoms with Crippen molar-refractivity contribution in [2.24, 2.45) is 0 Å². The van der Waals surface area contributed by atoms with E-state index < -0.39 is 9.84 Å². The molecule has 2 aromatic rings. The van der Waals surface area contributed by atoms with Crippen LogP contribution in [0.3, 0.4) is 0 Å². The average Bonchev–Trinajstić information content (AvgIpc) is 2.71. The molecule has 0 aliphatic carbocycles. The molecule has 2 rings (SSSR count). The van der Waals surface area contributed by atoms with Crippen molar-refractivity contribution in [2.45, 2.75) is 18.4 Å². The molecule has 0 unspecified atom stereocenters. The third-order valence-electron chi connectivity index (χ3n) is 2.57. The van der Waals surface area contributed by atoms with E-state index in [0.717, 1.165) is 11.8 Å². The van der Waals surface area contributed by atoms with Crippen LogP contribution in [0, 0.1) is 11.3 Å². The molecule has 0 radical (unpaired) electrons. The van der Waals surface area contributed by atoms with Crippen molar-refractivity contribution < 1.29 is 8.42 Å². The minimum Gasteiger partial charge on any atom is -0.382 e. The Balaban J connectivity index is 2.99. The number of nitriles is 1. The zero-order valence-electron chi connectivity index (χ0n) is 9.88. The van der Waals surface area contributed by atoms with Crippen molar-refractivity contribution in [3.63, 3.8) is 0 Å². The number of hydrogen-bond donors (Lipinski definition) is 1. The molecule has 0 atom stereocenters. The highest BCUT2D eigenvalue weighted by molar-refractivity contribution is 7.90. The Bertz CT molecular complexity index is 770. The second kappa shape index (κ2) is 3.96. The van der Waals surface area contributed by atoms with E-state index in [0.29, 0.717) is 12.1 Å². The Morgan fingerprint density at radius 3 is 2.72 bits per heavy atom. The van der Waals surface area contributed by atoms with Crippen LogP contribution in [-0.4, -0.2) is 29.3 Å². The lowest BCUT2D eigenvalue weighted by molar-refractivity contribution is 0.597. The van der Waals surface area contributed by atoms with Crippen LogP contribution in [-0.2, 0) is 16.3 Å². The van der Waals surface area contributed by atoms with Gasteiger partial charge in [-0.15, -0.1) is 0 Å². The molecule has 2 N–H and O–H groups in total. The summed E-state index contributed by atoms with van der Waals surface area (Å²) in [6, 6.07) is 1.76. The first-order valence-electron chi connectivity index (χ1n) is 5.16. The van der Waals surface area contributed by atoms with Gasteiger partial charge >= 0.3 is 0 Å². The van der Waals surface area contributed by atoms with Gasteiger partial charge in [-0.1, -0.05) is 6.92 Å². The zero-order valence-corrected chi connectivity index (χ0v) is 10.7. The van der Waals surface area contributed by atoms with Crippen LogP contribution in [0.5, 0.6) is 0 Å². The van der Waals surface area contributed by atoms with Gasteiger partial charge in [0.05, 0.1) is 6.20 Å². The topological polar surface area (TPSA) is 114 Å². The quantitative estimate of drug-likeness (QED) is 0.773. The van der Waals surface area contributed by atoms with Gasteiger partial charge in [-0.2, -0.15) is 14.9 Å². The fourth-order valence-electron chi connectivity index (χ4n) is 1.66. The molecule has 18 heavy (non-hydrogen) atoms. The summed E-state index contributed by atoms with van der Waals surface area (Å²) < 4.78 is 24.5. The smallest absolute Gasteiger partial charge is 0.194 e. The number of nitrogen functional groups attached to an aromatic ring is 1. The number of nitrogens with two attached hydrogens (primary N) is 1. The van der Waals surface area contributed by atoms with Crippen LogP contribution in [0.15, 0.2) is 11.2 Å². The number of nitrogens with zero attached hydrogens (tertiary/aromatic N) is 4. The maximum atomic E-state index is 11.6. The van der Waals surface area contributed by atoms with Crippen LogP contribution < -0.4 is 5.73 Å². The number of hydrogen-bond acceptors (Lipinski definition) is 6. The predicted molar refractivity (Wildman–Crippen MR) is 64.6 cm³/mol. The summed E-state index contributed by atoms with van der Waals surface area (Å²) in [4.78, 5) is 4.02. The van der Waals surface area contributed by atoms with Gasteiger partial charge < -0.3 is 5.73 Å². The van der Waals surface area contributed by atoms with Crippen LogP contribution >= 0.6 is 0 Å². The lowest BCUT2D eigenvalue weighted by Crippen LogP contribution is -2.11. The standard InChI is InChI=1S/C10H11N5O2S/c1-3-6-5-13-15-8(12)7(4-11)10(14-9(6)15)18(2,16)17/h5H,3,12H2,1-2H3. The normalized spacial score (nSPS) is 11.6. The molecule has 7 nitrogen and oxygen atoms in total. The monoisotopic (exact) mass is 265 g/mol. The molecule has 0 saturated heterocycles. The van der Waals surface area contributed by atoms with Gasteiger partial charge in [0.15, 0.2) is 20.5 Å². The molecular formula is C10H11N5O2S. The SMILES string of the molecule is CCc1cnn2c(N)c(C#N)c(S(C)(=O)=O)nc12. The molecule has 0 saturated carbocycles. The Kier molecular flexibility index (Phi) is 2.71. The van der Waals surface area contributed by atoms with Crippen LogP contribution in [0.4, 0.5) is 5.82 Å². The number of aryl methyl sites for hydroxylation is 1. The minimum absolute atomic E-state index is 0.0115. The number of fused-ring (bicyclic) bond motifs is 1. The second-order valence-electron chi connectivity index (χ2n) is 3.82. The number of aromatic nitrogens is 3. The van der Waals surface area contributed by atoms with Crippen LogP contribution in [0.2, 0.25) is 0 Å². The zero-order chi connectivity index (χ0) is 13.5. The summed E-state index contributed by atoms with van der Waals surface area (Å²) in [7, 11) is -3.62. The van der Waals surface area contributed by atoms with Gasteiger partial charge in [0, 0.05) is 11.8 Å². The Morgan fingerprint density at radius 1 is 1.56 bits per heavy atom. The lowest BCUT2D eigenvalue weighted by atomic mass is 10.2. The highest BCUT2D eigenvalue weighted by atomic mass is 32.2. The van der Waals surface area contributed by atoms with E-state index in [9.17, 15) is 8.42 Å². The lowest BCUT2D eigenvalue weighted by Gasteiger charge is -2.06. The summed E-state index contributed by atoms with van der Waals surface area (Å²) in [6.07, 6.45) is 3.20. The van der Waals surface area contributed by atoms with E-state index in [4.69, 9.17) is 11.0 Å². The molecule has 8 heteroatoms. The molecule has 2 heterocycles. The van der Waals surface area contributed by atoms with Gasteiger partial charge in [0.25, 0.3) is 0 Å². The van der Waals surface area contributed by atoms with Crippen molar-refractivity contribution in [3.05, 3.63) is 17.3 Å². The summed E-state index contributed by atoms with van der Waals surface area (Å²) >= 11 is 0. The second-order valence-corrected chi connectivity index (χ2v) is 5.75. The van der Waals surface area contributed by atoms with Gasteiger partial charge in [0.2, 0.25) is 0 Å². The fraction of sp³-hybridized carbons (Fsp3) is 0.300. The van der Waals surface area contributed by atoms with E-state index in [1.807, 2.05) is 6.92 Å². The number of sulfone groups is 1. The Hall–Kier alpha value is -2.14. The van der Waals surface area contributed by atoms with Crippen molar-refractivity contribution in [2.75, 3.05) is 12.0 Å². The maximum Gasteiger partial charge on any atom is 0.194 e. The summed E-state index contributed by atoms with van der Waals surface area (Å²) in [5.74, 6) is -0.0115. The molecule has 94 valence electrons. The first-order chi connectivity index (χ1) is 8.40. The van der Waals surface area contributed by atoms with Crippen molar-refractivity contribution in [1.82, 2.24) is 14.6 Å². The Morgan fingerprint density at radius 2 is 2.22 bits per heavy atom. The number of anilines is 1. The highest BCUT2D eigenvalue weighted by Gasteiger charge is 2.22. The summed E-state index contributed by atoms with van der Waals surface area (Å²) in [5, 5.41) is 12.7. The van der Waals surface area contributed by atoms with E-state index in [1.165, 1.54) is 4.52 Å². The van der Waals surface area contributed by atoms with Crippen molar-refractivity contribution in [3.8, 4) is 6.07 Å². The van der Waals surface area contributed by atoms with E-state index in [1.54, 1.807) is 12.3 Å². The molecule has 0 aromatic carbocycles. The number of rotatable bonds is 2. The molecule has 0 spiro atoms. The van der Waals surface area contributed by atoms with Gasteiger partial charge in [-0.3, -0.25) is 0 Å². The van der Waals surface area contributed by atoms with Gasteiger partial charge in [-0.05, 0) is 6.42 Å². The Labute approximate surface area is 104 Å². The maximum absolute atomic E-state index is 11.6. The predicted octanol–water partition coefficient (Wildman–Crippen LogP) is 0.149. The molecule has 0 aliphatic heterocycles. The fourth-order valence-corrected chi connectivity index (χ4v) is 2.43. The minimum atomic E-state index is -3.62. The highest BCUT2D eigenvalue weighted by Crippen LogP contribution is 2.22. The third kappa shape index (κ3) is 1.69.